The second-order valence-electron chi connectivity index (χ2n) is 2.40. The zero-order chi connectivity index (χ0) is 9.68. The Morgan fingerprint density at radius 3 is 2.54 bits per heavy atom. The maximum absolute atomic E-state index is 10.5. The van der Waals surface area contributed by atoms with Crippen molar-refractivity contribution in [3.05, 3.63) is 29.8 Å². The Labute approximate surface area is 80.5 Å². The van der Waals surface area contributed by atoms with Crippen molar-refractivity contribution < 1.29 is 4.79 Å². The zero-order valence-electron chi connectivity index (χ0n) is 6.86. The molecule has 2 N–H and O–H groups in total. The van der Waals surface area contributed by atoms with Gasteiger partial charge in [-0.25, -0.2) is 0 Å². The molecule has 0 unspecified atom stereocenters. The third kappa shape index (κ3) is 3.18. The Bertz CT molecular complexity index is 340. The predicted octanol–water partition coefficient (Wildman–Crippen LogP) is 1.92. The van der Waals surface area contributed by atoms with Gasteiger partial charge < -0.3 is 5.73 Å². The highest BCUT2D eigenvalue weighted by Crippen LogP contribution is 2.17. The van der Waals surface area contributed by atoms with Gasteiger partial charge in [0.25, 0.3) is 5.24 Å². The quantitative estimate of drug-likeness (QED) is 0.728. The number of carbonyl (C=O) groups is 1. The monoisotopic (exact) mass is 192 g/mol. The Kier molecular flexibility index (Phi) is 3.35. The van der Waals surface area contributed by atoms with Gasteiger partial charge in [0.2, 0.25) is 0 Å². The van der Waals surface area contributed by atoms with Crippen molar-refractivity contribution in [2.75, 3.05) is 0 Å². The van der Waals surface area contributed by atoms with Crippen molar-refractivity contribution in [2.45, 2.75) is 11.3 Å². The molecule has 0 atom stereocenters. The standard InChI is InChI=1S/C9H8N2OS/c10-6-5-7-1-3-8(4-2-7)13-9(11)12/h1-4H,5H2,(H2,11,12). The van der Waals surface area contributed by atoms with Crippen LogP contribution in [0.2, 0.25) is 0 Å². The van der Waals surface area contributed by atoms with E-state index in [1.54, 1.807) is 12.1 Å². The molecule has 0 radical (unpaired) electrons. The zero-order valence-corrected chi connectivity index (χ0v) is 7.67. The van der Waals surface area contributed by atoms with Crippen molar-refractivity contribution in [1.29, 1.82) is 5.26 Å². The molecule has 0 saturated carbocycles. The molecule has 0 saturated heterocycles. The van der Waals surface area contributed by atoms with Crippen LogP contribution >= 0.6 is 11.8 Å². The van der Waals surface area contributed by atoms with Crippen LogP contribution in [0.5, 0.6) is 0 Å². The number of hydrogen-bond donors (Lipinski definition) is 1. The van der Waals surface area contributed by atoms with E-state index in [1.165, 1.54) is 0 Å². The van der Waals surface area contributed by atoms with E-state index < -0.39 is 5.24 Å². The molecule has 66 valence electrons. The van der Waals surface area contributed by atoms with Gasteiger partial charge in [-0.2, -0.15) is 5.26 Å². The second-order valence-corrected chi connectivity index (χ2v) is 3.48. The summed E-state index contributed by atoms with van der Waals surface area (Å²) in [6, 6.07) is 9.23. The van der Waals surface area contributed by atoms with Crippen LogP contribution < -0.4 is 5.73 Å². The van der Waals surface area contributed by atoms with Crippen LogP contribution in [-0.4, -0.2) is 5.24 Å². The van der Waals surface area contributed by atoms with E-state index in [2.05, 4.69) is 0 Å². The fourth-order valence-electron chi connectivity index (χ4n) is 0.883. The Morgan fingerprint density at radius 1 is 1.46 bits per heavy atom. The maximum atomic E-state index is 10.5. The molecular formula is C9H8N2OS. The number of nitrogens with zero attached hydrogens (tertiary/aromatic N) is 1. The molecule has 1 aromatic carbocycles. The van der Waals surface area contributed by atoms with E-state index in [0.29, 0.717) is 6.42 Å². The molecule has 13 heavy (non-hydrogen) atoms. The molecule has 0 aliphatic rings. The Morgan fingerprint density at radius 2 is 2.08 bits per heavy atom. The molecule has 3 nitrogen and oxygen atoms in total. The molecule has 4 heteroatoms. The van der Waals surface area contributed by atoms with Crippen molar-refractivity contribution >= 4 is 17.0 Å². The minimum atomic E-state index is -0.423. The second kappa shape index (κ2) is 4.53. The summed E-state index contributed by atoms with van der Waals surface area (Å²) in [6.07, 6.45) is 0.390. The van der Waals surface area contributed by atoms with Crippen LogP contribution in [0.15, 0.2) is 29.2 Å². The third-order valence-electron chi connectivity index (χ3n) is 1.42. The van der Waals surface area contributed by atoms with Crippen molar-refractivity contribution in [2.24, 2.45) is 5.73 Å². The number of benzene rings is 1. The first-order chi connectivity index (χ1) is 6.22. The topological polar surface area (TPSA) is 66.9 Å². The van der Waals surface area contributed by atoms with Gasteiger partial charge in [0, 0.05) is 4.90 Å². The summed E-state index contributed by atoms with van der Waals surface area (Å²) in [5, 5.41) is 7.98. The van der Waals surface area contributed by atoms with E-state index in [0.717, 1.165) is 22.2 Å². The summed E-state index contributed by atoms with van der Waals surface area (Å²) in [4.78, 5) is 11.3. The SMILES string of the molecule is N#CCc1ccc(SC(N)=O)cc1. The normalized spacial score (nSPS) is 9.15. The number of thioether (sulfide) groups is 1. The molecule has 0 heterocycles. The molecule has 0 fully saturated rings. The number of nitriles is 1. The summed E-state index contributed by atoms with van der Waals surface area (Å²) in [5.41, 5.74) is 5.93. The molecule has 0 aliphatic heterocycles. The van der Waals surface area contributed by atoms with Gasteiger partial charge in [0.05, 0.1) is 12.5 Å². The number of rotatable bonds is 2. The van der Waals surface area contributed by atoms with Gasteiger partial charge in [-0.05, 0) is 29.5 Å². The molecule has 1 amide bonds. The number of primary amides is 1. The number of nitrogens with two attached hydrogens (primary N) is 1. The predicted molar refractivity (Wildman–Crippen MR) is 51.2 cm³/mol. The van der Waals surface area contributed by atoms with Crippen molar-refractivity contribution in [1.82, 2.24) is 0 Å². The maximum Gasteiger partial charge on any atom is 0.281 e. The largest absolute Gasteiger partial charge is 0.360 e. The number of amides is 1. The summed E-state index contributed by atoms with van der Waals surface area (Å²) < 4.78 is 0. The van der Waals surface area contributed by atoms with Crippen LogP contribution in [-0.2, 0) is 6.42 Å². The molecule has 0 aromatic heterocycles. The lowest BCUT2D eigenvalue weighted by atomic mass is 10.2. The molecule has 0 bridgehead atoms. The average Bonchev–Trinajstić information content (AvgIpc) is 2.08. The van der Waals surface area contributed by atoms with Crippen molar-refractivity contribution in [3.8, 4) is 6.07 Å². The summed E-state index contributed by atoms with van der Waals surface area (Å²) in [6.45, 7) is 0. The first-order valence-electron chi connectivity index (χ1n) is 3.65. The van der Waals surface area contributed by atoms with Crippen LogP contribution in [0.3, 0.4) is 0 Å². The van der Waals surface area contributed by atoms with E-state index in [9.17, 15) is 4.79 Å². The van der Waals surface area contributed by atoms with Gasteiger partial charge >= 0.3 is 0 Å². The van der Waals surface area contributed by atoms with Gasteiger partial charge in [0.15, 0.2) is 0 Å². The lowest BCUT2D eigenvalue weighted by molar-refractivity contribution is 0.267. The van der Waals surface area contributed by atoms with E-state index in [-0.39, 0.29) is 0 Å². The van der Waals surface area contributed by atoms with Crippen LogP contribution in [0.4, 0.5) is 4.79 Å². The Hall–Kier alpha value is -1.47. The summed E-state index contributed by atoms with van der Waals surface area (Å²) >= 11 is 0.981. The van der Waals surface area contributed by atoms with Crippen LogP contribution in [0.1, 0.15) is 5.56 Å². The van der Waals surface area contributed by atoms with Crippen molar-refractivity contribution in [3.63, 3.8) is 0 Å². The molecule has 0 aliphatic carbocycles. The van der Waals surface area contributed by atoms with Gasteiger partial charge in [0.1, 0.15) is 0 Å². The van der Waals surface area contributed by atoms with Gasteiger partial charge in [-0.15, -0.1) is 0 Å². The van der Waals surface area contributed by atoms with Gasteiger partial charge in [-0.3, -0.25) is 4.79 Å². The highest BCUT2D eigenvalue weighted by atomic mass is 32.2. The first kappa shape index (κ1) is 9.62. The highest BCUT2D eigenvalue weighted by Gasteiger charge is 1.98. The number of carbonyl (C=O) groups excluding carboxylic acids is 1. The third-order valence-corrected chi connectivity index (χ3v) is 2.13. The minimum Gasteiger partial charge on any atom is -0.360 e. The van der Waals surface area contributed by atoms with E-state index in [1.807, 2.05) is 18.2 Å². The first-order valence-corrected chi connectivity index (χ1v) is 4.47. The summed E-state index contributed by atoms with van der Waals surface area (Å²) in [5.74, 6) is 0. The van der Waals surface area contributed by atoms with Gasteiger partial charge in [-0.1, -0.05) is 12.1 Å². The minimum absolute atomic E-state index is 0.390. The average molecular weight is 192 g/mol. The summed E-state index contributed by atoms with van der Waals surface area (Å²) in [7, 11) is 0. The van der Waals surface area contributed by atoms with Crippen LogP contribution in [0, 0.1) is 11.3 Å². The lowest BCUT2D eigenvalue weighted by Gasteiger charge is -1.97. The molecule has 0 spiro atoms. The molecule has 1 aromatic rings. The number of hydrogen-bond acceptors (Lipinski definition) is 3. The fourth-order valence-corrected chi connectivity index (χ4v) is 1.39. The van der Waals surface area contributed by atoms with E-state index in [4.69, 9.17) is 11.0 Å². The molecular weight excluding hydrogens is 184 g/mol. The molecule has 1 rings (SSSR count). The highest BCUT2D eigenvalue weighted by molar-refractivity contribution is 8.13. The fraction of sp³-hybridized carbons (Fsp3) is 0.111. The Balaban J connectivity index is 2.70. The van der Waals surface area contributed by atoms with Crippen LogP contribution in [0.25, 0.3) is 0 Å². The lowest BCUT2D eigenvalue weighted by Crippen LogP contribution is -2.01. The van der Waals surface area contributed by atoms with E-state index >= 15 is 0 Å². The smallest absolute Gasteiger partial charge is 0.281 e.